The lowest BCUT2D eigenvalue weighted by Gasteiger charge is -1.96. The van der Waals surface area contributed by atoms with E-state index in [-0.39, 0.29) is 11.3 Å². The van der Waals surface area contributed by atoms with Gasteiger partial charge in [-0.2, -0.15) is 10.2 Å². The minimum Gasteiger partial charge on any atom is -0.268 e. The number of hydrazone groups is 1. The van der Waals surface area contributed by atoms with E-state index in [0.717, 1.165) is 5.56 Å². The third-order valence-electron chi connectivity index (χ3n) is 2.33. The SMILES string of the molecule is O=C(NN=CC=Cc1ccccc1)c1ccc(=O)[nH]n1. The second-order valence-electron chi connectivity index (χ2n) is 3.80. The zero-order valence-electron chi connectivity index (χ0n) is 10.5. The molecule has 2 rings (SSSR count). The molecule has 0 spiro atoms. The van der Waals surface area contributed by atoms with Gasteiger partial charge in [0, 0.05) is 12.3 Å². The molecule has 0 saturated carbocycles. The van der Waals surface area contributed by atoms with Crippen LogP contribution >= 0.6 is 0 Å². The Hall–Kier alpha value is -3.02. The number of aromatic nitrogens is 2. The number of amides is 1. The van der Waals surface area contributed by atoms with Crippen molar-refractivity contribution in [2.45, 2.75) is 0 Å². The van der Waals surface area contributed by atoms with Gasteiger partial charge in [-0.3, -0.25) is 9.59 Å². The van der Waals surface area contributed by atoms with Gasteiger partial charge in [0.25, 0.3) is 11.5 Å². The Labute approximate surface area is 114 Å². The molecular weight excluding hydrogens is 256 g/mol. The molecule has 1 aromatic heterocycles. The van der Waals surface area contributed by atoms with Gasteiger partial charge in [-0.15, -0.1) is 0 Å². The van der Waals surface area contributed by atoms with Gasteiger partial charge >= 0.3 is 0 Å². The van der Waals surface area contributed by atoms with Gasteiger partial charge in [0.1, 0.15) is 0 Å². The van der Waals surface area contributed by atoms with Crippen LogP contribution in [0.5, 0.6) is 0 Å². The van der Waals surface area contributed by atoms with Crippen LogP contribution in [-0.4, -0.2) is 22.3 Å². The Morgan fingerprint density at radius 1 is 1.20 bits per heavy atom. The average molecular weight is 268 g/mol. The maximum absolute atomic E-state index is 11.6. The molecule has 20 heavy (non-hydrogen) atoms. The molecule has 1 amide bonds. The van der Waals surface area contributed by atoms with E-state index in [9.17, 15) is 9.59 Å². The van der Waals surface area contributed by atoms with Crippen molar-refractivity contribution in [3.05, 3.63) is 70.2 Å². The summed E-state index contributed by atoms with van der Waals surface area (Å²) in [6.45, 7) is 0. The van der Waals surface area contributed by atoms with Crippen LogP contribution in [0.25, 0.3) is 6.08 Å². The molecule has 100 valence electrons. The number of hydrogen-bond acceptors (Lipinski definition) is 4. The molecule has 0 unspecified atom stereocenters. The van der Waals surface area contributed by atoms with Crippen LogP contribution in [-0.2, 0) is 0 Å². The minimum atomic E-state index is -0.495. The number of nitrogens with zero attached hydrogens (tertiary/aromatic N) is 2. The number of allylic oxidation sites excluding steroid dienone is 1. The molecule has 0 bridgehead atoms. The Morgan fingerprint density at radius 3 is 2.70 bits per heavy atom. The summed E-state index contributed by atoms with van der Waals surface area (Å²) in [7, 11) is 0. The number of H-pyrrole nitrogens is 1. The minimum absolute atomic E-state index is 0.0915. The van der Waals surface area contributed by atoms with Gasteiger partial charge in [-0.1, -0.05) is 36.4 Å². The Morgan fingerprint density at radius 2 is 2.00 bits per heavy atom. The van der Waals surface area contributed by atoms with Crippen LogP contribution in [0.3, 0.4) is 0 Å². The molecule has 0 saturated heterocycles. The van der Waals surface area contributed by atoms with E-state index in [0.29, 0.717) is 0 Å². The first kappa shape index (κ1) is 13.4. The lowest BCUT2D eigenvalue weighted by molar-refractivity contribution is 0.0949. The average Bonchev–Trinajstić information content (AvgIpc) is 2.48. The Kier molecular flexibility index (Phi) is 4.55. The van der Waals surface area contributed by atoms with E-state index in [2.05, 4.69) is 20.7 Å². The van der Waals surface area contributed by atoms with E-state index >= 15 is 0 Å². The van der Waals surface area contributed by atoms with Gasteiger partial charge in [-0.25, -0.2) is 10.5 Å². The van der Waals surface area contributed by atoms with Gasteiger partial charge in [0.2, 0.25) is 0 Å². The van der Waals surface area contributed by atoms with E-state index < -0.39 is 5.91 Å². The normalized spacial score (nSPS) is 11.0. The van der Waals surface area contributed by atoms with E-state index in [4.69, 9.17) is 0 Å². The van der Waals surface area contributed by atoms with E-state index in [1.807, 2.05) is 36.4 Å². The first-order valence-corrected chi connectivity index (χ1v) is 5.86. The van der Waals surface area contributed by atoms with Crippen LogP contribution in [0, 0.1) is 0 Å². The third-order valence-corrected chi connectivity index (χ3v) is 2.33. The highest BCUT2D eigenvalue weighted by Gasteiger charge is 2.04. The fourth-order valence-electron chi connectivity index (χ4n) is 1.39. The van der Waals surface area contributed by atoms with E-state index in [1.165, 1.54) is 18.3 Å². The van der Waals surface area contributed by atoms with Crippen molar-refractivity contribution < 1.29 is 4.79 Å². The van der Waals surface area contributed by atoms with Gasteiger partial charge < -0.3 is 0 Å². The fourth-order valence-corrected chi connectivity index (χ4v) is 1.39. The summed E-state index contributed by atoms with van der Waals surface area (Å²) >= 11 is 0. The second-order valence-corrected chi connectivity index (χ2v) is 3.80. The van der Waals surface area contributed by atoms with Crippen LogP contribution in [0.1, 0.15) is 16.1 Å². The quantitative estimate of drug-likeness (QED) is 0.645. The van der Waals surface area contributed by atoms with Gasteiger partial charge in [0.05, 0.1) is 0 Å². The largest absolute Gasteiger partial charge is 0.291 e. The second kappa shape index (κ2) is 6.79. The number of carbonyl (C=O) groups excluding carboxylic acids is 1. The number of nitrogens with one attached hydrogen (secondary N) is 2. The molecular formula is C14H12N4O2. The lowest BCUT2D eigenvalue weighted by atomic mass is 10.2. The number of carbonyl (C=O) groups is 1. The van der Waals surface area contributed by atoms with Crippen LogP contribution < -0.4 is 11.0 Å². The monoisotopic (exact) mass is 268 g/mol. The number of hydrogen-bond donors (Lipinski definition) is 2. The molecule has 0 aliphatic carbocycles. The van der Waals surface area contributed by atoms with Crippen molar-refractivity contribution in [3.63, 3.8) is 0 Å². The lowest BCUT2D eigenvalue weighted by Crippen LogP contribution is -2.21. The molecule has 1 heterocycles. The van der Waals surface area contributed by atoms with Crippen molar-refractivity contribution in [2.24, 2.45) is 5.10 Å². The fraction of sp³-hybridized carbons (Fsp3) is 0. The highest BCUT2D eigenvalue weighted by molar-refractivity contribution is 5.92. The molecule has 0 radical (unpaired) electrons. The summed E-state index contributed by atoms with van der Waals surface area (Å²) in [5.41, 5.74) is 3.06. The summed E-state index contributed by atoms with van der Waals surface area (Å²) in [4.78, 5) is 22.3. The number of benzene rings is 1. The standard InChI is InChI=1S/C14H12N4O2/c19-13-9-8-12(16-17-13)14(20)18-15-10-4-7-11-5-2-1-3-6-11/h1-10H,(H,17,19)(H,18,20). The van der Waals surface area contributed by atoms with Gasteiger partial charge in [-0.05, 0) is 17.7 Å². The zero-order valence-corrected chi connectivity index (χ0v) is 10.5. The predicted molar refractivity (Wildman–Crippen MR) is 76.3 cm³/mol. The molecule has 0 aliphatic heterocycles. The Balaban J connectivity index is 1.87. The summed E-state index contributed by atoms with van der Waals surface area (Å²) < 4.78 is 0. The molecule has 2 aromatic rings. The van der Waals surface area contributed by atoms with Crippen molar-refractivity contribution in [3.8, 4) is 0 Å². The highest BCUT2D eigenvalue weighted by Crippen LogP contribution is 1.99. The van der Waals surface area contributed by atoms with Crippen molar-refractivity contribution in [1.82, 2.24) is 15.6 Å². The smallest absolute Gasteiger partial charge is 0.268 e. The summed E-state index contributed by atoms with van der Waals surface area (Å²) in [5, 5.41) is 9.50. The van der Waals surface area contributed by atoms with Crippen LogP contribution in [0.2, 0.25) is 0 Å². The van der Waals surface area contributed by atoms with Gasteiger partial charge in [0.15, 0.2) is 5.69 Å². The summed E-state index contributed by atoms with van der Waals surface area (Å²) in [6.07, 6.45) is 5.01. The maximum atomic E-state index is 11.6. The maximum Gasteiger partial charge on any atom is 0.291 e. The molecule has 6 heteroatoms. The van der Waals surface area contributed by atoms with E-state index in [1.54, 1.807) is 6.08 Å². The van der Waals surface area contributed by atoms with Crippen molar-refractivity contribution >= 4 is 18.2 Å². The number of aromatic amines is 1. The summed E-state index contributed by atoms with van der Waals surface area (Å²) in [6, 6.07) is 12.2. The molecule has 1 aromatic carbocycles. The number of rotatable bonds is 4. The topological polar surface area (TPSA) is 87.2 Å². The third kappa shape index (κ3) is 4.02. The summed E-state index contributed by atoms with van der Waals surface area (Å²) in [5.74, 6) is -0.495. The van der Waals surface area contributed by atoms with Crippen LogP contribution in [0.15, 0.2) is 58.4 Å². The zero-order chi connectivity index (χ0) is 14.2. The van der Waals surface area contributed by atoms with Crippen molar-refractivity contribution in [1.29, 1.82) is 0 Å². The molecule has 0 fully saturated rings. The first-order valence-electron chi connectivity index (χ1n) is 5.86. The Bertz CT molecular complexity index is 669. The highest BCUT2D eigenvalue weighted by atomic mass is 16.2. The predicted octanol–water partition coefficient (Wildman–Crippen LogP) is 1.20. The molecule has 0 aliphatic rings. The first-order chi connectivity index (χ1) is 9.75. The molecule has 0 atom stereocenters. The van der Waals surface area contributed by atoms with Crippen molar-refractivity contribution in [2.75, 3.05) is 0 Å². The molecule has 2 N–H and O–H groups in total. The molecule has 6 nitrogen and oxygen atoms in total. The van der Waals surface area contributed by atoms with Crippen LogP contribution in [0.4, 0.5) is 0 Å².